The zero-order valence-electron chi connectivity index (χ0n) is 13.2. The van der Waals surface area contributed by atoms with E-state index in [4.69, 9.17) is 13.9 Å². The fourth-order valence-corrected chi connectivity index (χ4v) is 2.18. The lowest BCUT2D eigenvalue weighted by Gasteiger charge is -2.04. The first kappa shape index (κ1) is 15.1. The van der Waals surface area contributed by atoms with Gasteiger partial charge >= 0.3 is 0 Å². The zero-order chi connectivity index (χ0) is 16.1. The van der Waals surface area contributed by atoms with Gasteiger partial charge in [0.05, 0.1) is 7.11 Å². The topological polar surface area (TPSA) is 57.4 Å². The van der Waals surface area contributed by atoms with Crippen molar-refractivity contribution in [3.63, 3.8) is 0 Å². The Morgan fingerprint density at radius 2 is 1.83 bits per heavy atom. The second-order valence-electron chi connectivity index (χ2n) is 5.02. The largest absolute Gasteiger partial charge is 0.497 e. The highest BCUT2D eigenvalue weighted by Gasteiger charge is 2.10. The Morgan fingerprint density at radius 1 is 1.00 bits per heavy atom. The summed E-state index contributed by atoms with van der Waals surface area (Å²) in [5, 5.41) is 8.08. The van der Waals surface area contributed by atoms with E-state index < -0.39 is 0 Å². The lowest BCUT2D eigenvalue weighted by molar-refractivity contribution is 0.264. The van der Waals surface area contributed by atoms with Gasteiger partial charge in [0.25, 0.3) is 5.89 Å². The summed E-state index contributed by atoms with van der Waals surface area (Å²) in [5.41, 5.74) is 2.04. The van der Waals surface area contributed by atoms with Crippen LogP contribution in [0.4, 0.5) is 0 Å². The summed E-state index contributed by atoms with van der Waals surface area (Å²) in [6.07, 6.45) is 0.970. The van der Waals surface area contributed by atoms with Crippen LogP contribution in [0.25, 0.3) is 11.5 Å². The predicted octanol–water partition coefficient (Wildman–Crippen LogP) is 3.89. The molecule has 0 bridgehead atoms. The van der Waals surface area contributed by atoms with Gasteiger partial charge in [-0.15, -0.1) is 10.2 Å². The van der Waals surface area contributed by atoms with Crippen molar-refractivity contribution in [3.05, 3.63) is 60.0 Å². The molecule has 0 fully saturated rings. The Morgan fingerprint density at radius 3 is 2.65 bits per heavy atom. The molecule has 1 heterocycles. The van der Waals surface area contributed by atoms with Gasteiger partial charge in [-0.05, 0) is 42.3 Å². The number of hydrogen-bond acceptors (Lipinski definition) is 5. The van der Waals surface area contributed by atoms with Crippen LogP contribution in [0.5, 0.6) is 11.5 Å². The summed E-state index contributed by atoms with van der Waals surface area (Å²) < 4.78 is 16.5. The van der Waals surface area contributed by atoms with Crippen molar-refractivity contribution in [1.29, 1.82) is 0 Å². The second-order valence-corrected chi connectivity index (χ2v) is 5.02. The maximum atomic E-state index is 5.71. The molecule has 0 atom stereocenters. The quantitative estimate of drug-likeness (QED) is 0.691. The highest BCUT2D eigenvalue weighted by atomic mass is 16.5. The van der Waals surface area contributed by atoms with Crippen molar-refractivity contribution in [1.82, 2.24) is 10.2 Å². The Hall–Kier alpha value is -2.82. The highest BCUT2D eigenvalue weighted by Crippen LogP contribution is 2.23. The Balaban J connectivity index is 1.69. The fourth-order valence-electron chi connectivity index (χ4n) is 2.18. The summed E-state index contributed by atoms with van der Waals surface area (Å²) in [7, 11) is 1.62. The van der Waals surface area contributed by atoms with E-state index in [9.17, 15) is 0 Å². The van der Waals surface area contributed by atoms with Crippen molar-refractivity contribution in [2.75, 3.05) is 7.11 Å². The van der Waals surface area contributed by atoms with Crippen LogP contribution >= 0.6 is 0 Å². The minimum absolute atomic E-state index is 0.240. The molecule has 0 saturated heterocycles. The van der Waals surface area contributed by atoms with Gasteiger partial charge in [-0.1, -0.05) is 25.1 Å². The number of nitrogens with zero attached hydrogens (tertiary/aromatic N) is 2. The molecule has 0 radical (unpaired) electrons. The van der Waals surface area contributed by atoms with Gasteiger partial charge < -0.3 is 13.9 Å². The van der Waals surface area contributed by atoms with Crippen molar-refractivity contribution >= 4 is 0 Å². The molecule has 118 valence electrons. The van der Waals surface area contributed by atoms with Gasteiger partial charge in [0.15, 0.2) is 6.61 Å². The molecule has 3 aromatic rings. The van der Waals surface area contributed by atoms with Crippen LogP contribution in [0.1, 0.15) is 18.4 Å². The minimum atomic E-state index is 0.240. The number of methoxy groups -OCH3 is 1. The normalized spacial score (nSPS) is 10.5. The van der Waals surface area contributed by atoms with Gasteiger partial charge in [-0.25, -0.2) is 0 Å². The van der Waals surface area contributed by atoms with Crippen molar-refractivity contribution in [2.45, 2.75) is 20.0 Å². The third kappa shape index (κ3) is 3.69. The highest BCUT2D eigenvalue weighted by molar-refractivity contribution is 5.55. The van der Waals surface area contributed by atoms with E-state index in [0.29, 0.717) is 11.8 Å². The first-order chi connectivity index (χ1) is 11.3. The molecule has 23 heavy (non-hydrogen) atoms. The maximum Gasteiger partial charge on any atom is 0.254 e. The molecule has 0 amide bonds. The molecule has 1 aromatic heterocycles. The van der Waals surface area contributed by atoms with Crippen molar-refractivity contribution in [3.8, 4) is 23.0 Å². The summed E-state index contributed by atoms with van der Waals surface area (Å²) in [4.78, 5) is 0. The molecule has 0 unspecified atom stereocenters. The lowest BCUT2D eigenvalue weighted by Crippen LogP contribution is -1.96. The van der Waals surface area contributed by atoms with Crippen molar-refractivity contribution in [2.24, 2.45) is 0 Å². The third-order valence-electron chi connectivity index (χ3n) is 3.45. The molecule has 0 N–H and O–H groups in total. The van der Waals surface area contributed by atoms with Crippen LogP contribution in [-0.2, 0) is 13.0 Å². The van der Waals surface area contributed by atoms with Crippen LogP contribution in [0.3, 0.4) is 0 Å². The van der Waals surface area contributed by atoms with Gasteiger partial charge in [-0.2, -0.15) is 0 Å². The monoisotopic (exact) mass is 310 g/mol. The third-order valence-corrected chi connectivity index (χ3v) is 3.45. The number of rotatable bonds is 6. The number of ether oxygens (including phenoxy) is 2. The van der Waals surface area contributed by atoms with Crippen molar-refractivity contribution < 1.29 is 13.9 Å². The average Bonchev–Trinajstić information content (AvgIpc) is 3.09. The zero-order valence-corrected chi connectivity index (χ0v) is 13.2. The predicted molar refractivity (Wildman–Crippen MR) is 86.4 cm³/mol. The van der Waals surface area contributed by atoms with E-state index in [2.05, 4.69) is 23.2 Å². The molecule has 0 spiro atoms. The van der Waals surface area contributed by atoms with Gasteiger partial charge in [-0.3, -0.25) is 0 Å². The molecule has 0 saturated carbocycles. The first-order valence-corrected chi connectivity index (χ1v) is 7.47. The number of hydrogen-bond donors (Lipinski definition) is 0. The van der Waals surface area contributed by atoms with Crippen LogP contribution in [0.2, 0.25) is 0 Å². The lowest BCUT2D eigenvalue weighted by atomic mass is 10.2. The van der Waals surface area contributed by atoms with Gasteiger partial charge in [0, 0.05) is 5.56 Å². The second kappa shape index (κ2) is 6.96. The van der Waals surface area contributed by atoms with Crippen LogP contribution in [-0.4, -0.2) is 17.3 Å². The molecule has 2 aromatic carbocycles. The summed E-state index contributed by atoms with van der Waals surface area (Å²) in [5.74, 6) is 2.43. The molecule has 5 nitrogen and oxygen atoms in total. The smallest absolute Gasteiger partial charge is 0.254 e. The fraction of sp³-hybridized carbons (Fsp3) is 0.222. The average molecular weight is 310 g/mol. The van der Waals surface area contributed by atoms with E-state index in [-0.39, 0.29) is 6.61 Å². The maximum absolute atomic E-state index is 5.71. The minimum Gasteiger partial charge on any atom is -0.497 e. The Bertz CT molecular complexity index is 783. The molecular formula is C18H18N2O3. The Labute approximate surface area is 134 Å². The van der Waals surface area contributed by atoms with Gasteiger partial charge in [0.1, 0.15) is 11.5 Å². The summed E-state index contributed by atoms with van der Waals surface area (Å²) in [6.45, 7) is 2.35. The van der Waals surface area contributed by atoms with Crippen LogP contribution in [0, 0.1) is 0 Å². The first-order valence-electron chi connectivity index (χ1n) is 7.47. The summed E-state index contributed by atoms with van der Waals surface area (Å²) >= 11 is 0. The van der Waals surface area contributed by atoms with Gasteiger partial charge in [0.2, 0.25) is 5.89 Å². The van der Waals surface area contributed by atoms with E-state index >= 15 is 0 Å². The standard InChI is InChI=1S/C18H18N2O3/c1-3-13-6-4-9-16(10-13)22-12-17-19-20-18(23-17)14-7-5-8-15(11-14)21-2/h4-11H,3,12H2,1-2H3. The van der Waals surface area contributed by atoms with E-state index in [0.717, 1.165) is 23.5 Å². The van der Waals surface area contributed by atoms with E-state index in [1.54, 1.807) is 7.11 Å². The number of benzene rings is 2. The van der Waals surface area contributed by atoms with Crippen LogP contribution in [0.15, 0.2) is 52.9 Å². The molecule has 3 rings (SSSR count). The Kier molecular flexibility index (Phi) is 4.57. The molecular weight excluding hydrogens is 292 g/mol. The van der Waals surface area contributed by atoms with E-state index in [1.807, 2.05) is 42.5 Å². The van der Waals surface area contributed by atoms with E-state index in [1.165, 1.54) is 5.56 Å². The number of aromatic nitrogens is 2. The molecule has 0 aliphatic rings. The summed E-state index contributed by atoms with van der Waals surface area (Å²) in [6, 6.07) is 15.5. The number of aryl methyl sites for hydroxylation is 1. The molecule has 0 aliphatic carbocycles. The molecule has 5 heteroatoms. The van der Waals surface area contributed by atoms with Crippen LogP contribution < -0.4 is 9.47 Å². The SMILES string of the molecule is CCc1cccc(OCc2nnc(-c3cccc(OC)c3)o2)c1. The molecule has 0 aliphatic heterocycles.